The van der Waals surface area contributed by atoms with Crippen LogP contribution < -0.4 is 5.69 Å². The number of piperidine rings is 1. The Hall–Kier alpha value is -3.51. The molecule has 2 aliphatic heterocycles. The van der Waals surface area contributed by atoms with Gasteiger partial charge >= 0.3 is 12.1 Å². The number of ether oxygens (including phenoxy) is 1. The van der Waals surface area contributed by atoms with E-state index in [1.54, 1.807) is 10.6 Å². The van der Waals surface area contributed by atoms with Gasteiger partial charge in [0.2, 0.25) is 5.89 Å². The molecule has 194 valence electrons. The molecule has 8 nitrogen and oxygen atoms in total. The number of fused-ring (bicyclic) bond motifs is 1. The lowest BCUT2D eigenvalue weighted by Crippen LogP contribution is -2.52. The third-order valence-corrected chi connectivity index (χ3v) is 7.18. The standard InChI is InChI=1S/C25H23F4N5O3/c26-16-3-4-20-21(10-16)33(25(35)34(20)17-5-7-32(8-6-17)18-12-36-13-18)11-15-2-1-14(9-19(15)27)23-30-31-24(37-23)22(28)29/h1-4,9-10,17-18,22H,5-8,11-13H2. The van der Waals surface area contributed by atoms with Crippen LogP contribution in [0.15, 0.2) is 45.6 Å². The maximum absolute atomic E-state index is 15.1. The Balaban J connectivity index is 1.31. The van der Waals surface area contributed by atoms with Crippen molar-refractivity contribution < 1.29 is 26.7 Å². The van der Waals surface area contributed by atoms with Crippen molar-refractivity contribution in [2.24, 2.45) is 0 Å². The van der Waals surface area contributed by atoms with Crippen molar-refractivity contribution in [3.8, 4) is 11.5 Å². The van der Waals surface area contributed by atoms with Gasteiger partial charge in [-0.3, -0.25) is 14.0 Å². The molecule has 0 aliphatic carbocycles. The molecule has 0 atom stereocenters. The lowest BCUT2D eigenvalue weighted by Gasteiger charge is -2.41. The Morgan fingerprint density at radius 1 is 0.973 bits per heavy atom. The van der Waals surface area contributed by atoms with Gasteiger partial charge < -0.3 is 9.15 Å². The summed E-state index contributed by atoms with van der Waals surface area (Å²) in [5, 5.41) is 6.79. The van der Waals surface area contributed by atoms with Crippen LogP contribution in [-0.4, -0.2) is 56.6 Å². The molecule has 0 bridgehead atoms. The van der Waals surface area contributed by atoms with Gasteiger partial charge in [-0.1, -0.05) is 6.07 Å². The highest BCUT2D eigenvalue weighted by atomic mass is 19.3. The van der Waals surface area contributed by atoms with Crippen LogP contribution in [0.4, 0.5) is 17.6 Å². The van der Waals surface area contributed by atoms with E-state index in [2.05, 4.69) is 15.1 Å². The maximum Gasteiger partial charge on any atom is 0.329 e. The van der Waals surface area contributed by atoms with E-state index < -0.39 is 24.0 Å². The second-order valence-corrected chi connectivity index (χ2v) is 9.38. The number of alkyl halides is 2. The number of benzene rings is 2. The highest BCUT2D eigenvalue weighted by Crippen LogP contribution is 2.29. The quantitative estimate of drug-likeness (QED) is 0.358. The van der Waals surface area contributed by atoms with Crippen molar-refractivity contribution in [1.82, 2.24) is 24.2 Å². The highest BCUT2D eigenvalue weighted by molar-refractivity contribution is 5.76. The molecule has 2 aliphatic rings. The third-order valence-electron chi connectivity index (χ3n) is 7.18. The summed E-state index contributed by atoms with van der Waals surface area (Å²) in [7, 11) is 0. The van der Waals surface area contributed by atoms with Gasteiger partial charge in [0.15, 0.2) is 0 Å². The molecule has 4 aromatic rings. The molecule has 2 fully saturated rings. The van der Waals surface area contributed by atoms with Crippen molar-refractivity contribution in [2.45, 2.75) is 37.9 Å². The minimum atomic E-state index is -2.94. The molecule has 0 N–H and O–H groups in total. The first kappa shape index (κ1) is 23.9. The van der Waals surface area contributed by atoms with E-state index in [9.17, 15) is 18.0 Å². The number of nitrogens with zero attached hydrogens (tertiary/aromatic N) is 5. The van der Waals surface area contributed by atoms with Crippen LogP contribution in [0.2, 0.25) is 0 Å². The van der Waals surface area contributed by atoms with Gasteiger partial charge in [0, 0.05) is 30.3 Å². The van der Waals surface area contributed by atoms with Crippen LogP contribution in [0.1, 0.15) is 36.8 Å². The zero-order valence-electron chi connectivity index (χ0n) is 19.6. The summed E-state index contributed by atoms with van der Waals surface area (Å²) in [5.74, 6) is -2.28. The zero-order valence-corrected chi connectivity index (χ0v) is 19.6. The van der Waals surface area contributed by atoms with E-state index in [4.69, 9.17) is 9.15 Å². The van der Waals surface area contributed by atoms with Gasteiger partial charge in [-0.05, 0) is 43.2 Å². The minimum Gasteiger partial charge on any atom is -0.415 e. The molecule has 0 spiro atoms. The fourth-order valence-electron chi connectivity index (χ4n) is 5.12. The van der Waals surface area contributed by atoms with Gasteiger partial charge in [0.25, 0.3) is 5.89 Å². The summed E-state index contributed by atoms with van der Waals surface area (Å²) in [6.45, 7) is 2.99. The van der Waals surface area contributed by atoms with E-state index in [1.165, 1.54) is 28.8 Å². The second-order valence-electron chi connectivity index (χ2n) is 9.38. The number of aromatic nitrogens is 4. The van der Waals surface area contributed by atoms with Crippen LogP contribution in [-0.2, 0) is 11.3 Å². The monoisotopic (exact) mass is 517 g/mol. The summed E-state index contributed by atoms with van der Waals surface area (Å²) in [5.41, 5.74) is 0.932. The van der Waals surface area contributed by atoms with Gasteiger partial charge in [-0.25, -0.2) is 13.6 Å². The summed E-state index contributed by atoms with van der Waals surface area (Å²) in [4.78, 5) is 16.0. The zero-order chi connectivity index (χ0) is 25.7. The average molecular weight is 517 g/mol. The lowest BCUT2D eigenvalue weighted by molar-refractivity contribution is -0.0731. The van der Waals surface area contributed by atoms with E-state index in [1.807, 2.05) is 0 Å². The molecular weight excluding hydrogens is 494 g/mol. The van der Waals surface area contributed by atoms with Crippen LogP contribution in [0.5, 0.6) is 0 Å². The Morgan fingerprint density at radius 2 is 1.76 bits per heavy atom. The predicted molar refractivity (Wildman–Crippen MR) is 124 cm³/mol. The highest BCUT2D eigenvalue weighted by Gasteiger charge is 2.32. The van der Waals surface area contributed by atoms with Gasteiger partial charge in [-0.2, -0.15) is 8.78 Å². The summed E-state index contributed by atoms with van der Waals surface area (Å²) in [6.07, 6.45) is -1.41. The summed E-state index contributed by atoms with van der Waals surface area (Å²) >= 11 is 0. The number of halogens is 4. The molecule has 37 heavy (non-hydrogen) atoms. The first-order valence-corrected chi connectivity index (χ1v) is 12.0. The van der Waals surface area contributed by atoms with Gasteiger partial charge in [0.05, 0.1) is 36.8 Å². The normalized spacial score (nSPS) is 17.6. The van der Waals surface area contributed by atoms with Crippen LogP contribution in [0.3, 0.4) is 0 Å². The Bertz CT molecular complexity index is 1500. The summed E-state index contributed by atoms with van der Waals surface area (Å²) in [6, 6.07) is 8.51. The topological polar surface area (TPSA) is 78.3 Å². The molecule has 0 saturated carbocycles. The van der Waals surface area contributed by atoms with Crippen LogP contribution >= 0.6 is 0 Å². The van der Waals surface area contributed by atoms with Gasteiger partial charge in [0.1, 0.15) is 11.6 Å². The van der Waals surface area contributed by atoms with Crippen molar-refractivity contribution in [3.63, 3.8) is 0 Å². The summed E-state index contributed by atoms with van der Waals surface area (Å²) < 4.78 is 68.0. The van der Waals surface area contributed by atoms with Crippen molar-refractivity contribution in [1.29, 1.82) is 0 Å². The molecule has 6 rings (SSSR count). The number of likely N-dealkylation sites (tertiary alicyclic amines) is 1. The Morgan fingerprint density at radius 3 is 2.41 bits per heavy atom. The average Bonchev–Trinajstić information content (AvgIpc) is 3.44. The molecule has 2 aromatic heterocycles. The van der Waals surface area contributed by atoms with Crippen molar-refractivity contribution in [2.75, 3.05) is 26.3 Å². The molecular formula is C25H23F4N5O3. The third kappa shape index (κ3) is 4.33. The molecule has 2 aromatic carbocycles. The Labute approximate surface area is 208 Å². The smallest absolute Gasteiger partial charge is 0.329 e. The van der Waals surface area contributed by atoms with E-state index >= 15 is 4.39 Å². The van der Waals surface area contributed by atoms with Crippen LogP contribution in [0, 0.1) is 11.6 Å². The maximum atomic E-state index is 15.1. The molecule has 2 saturated heterocycles. The van der Waals surface area contributed by atoms with E-state index in [0.717, 1.165) is 45.2 Å². The Kier molecular flexibility index (Phi) is 6.07. The van der Waals surface area contributed by atoms with Crippen LogP contribution in [0.25, 0.3) is 22.5 Å². The number of rotatable bonds is 6. The lowest BCUT2D eigenvalue weighted by atomic mass is 10.0. The fraction of sp³-hybridized carbons (Fsp3) is 0.400. The second kappa shape index (κ2) is 9.42. The molecule has 0 radical (unpaired) electrons. The molecule has 12 heteroatoms. The van der Waals surface area contributed by atoms with Crippen molar-refractivity contribution in [3.05, 3.63) is 70.0 Å². The number of hydrogen-bond donors (Lipinski definition) is 0. The first-order chi connectivity index (χ1) is 17.9. The fourth-order valence-corrected chi connectivity index (χ4v) is 5.12. The van der Waals surface area contributed by atoms with Crippen molar-refractivity contribution >= 4 is 11.0 Å². The minimum absolute atomic E-state index is 0.0623. The number of imidazole rings is 1. The predicted octanol–water partition coefficient (Wildman–Crippen LogP) is 4.15. The SMILES string of the molecule is O=c1n(Cc2ccc(-c3nnc(C(F)F)o3)cc2F)c2cc(F)ccc2n1C1CCN(C2COC2)CC1. The largest absolute Gasteiger partial charge is 0.415 e. The number of hydrogen-bond acceptors (Lipinski definition) is 6. The molecule has 0 unspecified atom stereocenters. The molecule has 0 amide bonds. The van der Waals surface area contributed by atoms with E-state index in [0.29, 0.717) is 17.1 Å². The van der Waals surface area contributed by atoms with E-state index in [-0.39, 0.29) is 35.3 Å². The first-order valence-electron chi connectivity index (χ1n) is 12.0. The van der Waals surface area contributed by atoms with Gasteiger partial charge in [-0.15, -0.1) is 10.2 Å². The molecule has 4 heterocycles.